The van der Waals surface area contributed by atoms with Crippen molar-refractivity contribution >= 4 is 27.0 Å². The number of benzene rings is 1. The summed E-state index contributed by atoms with van der Waals surface area (Å²) < 4.78 is 37.3. The third kappa shape index (κ3) is 2.69. The fourth-order valence-electron chi connectivity index (χ4n) is 2.56. The van der Waals surface area contributed by atoms with Gasteiger partial charge in [0.2, 0.25) is 10.0 Å². The van der Waals surface area contributed by atoms with Crippen molar-refractivity contribution in [3.63, 3.8) is 0 Å². The van der Waals surface area contributed by atoms with Crippen LogP contribution in [0, 0.1) is 12.3 Å². The van der Waals surface area contributed by atoms with Gasteiger partial charge >= 0.3 is 5.97 Å². The lowest BCUT2D eigenvalue weighted by Gasteiger charge is -2.22. The average Bonchev–Trinajstić information content (AvgIpc) is 3.14. The summed E-state index contributed by atoms with van der Waals surface area (Å²) in [5, 5.41) is 16.6. The van der Waals surface area contributed by atoms with Crippen molar-refractivity contribution in [1.82, 2.24) is 15.0 Å². The topological polar surface area (TPSA) is 132 Å². The van der Waals surface area contributed by atoms with Crippen molar-refractivity contribution in [2.45, 2.75) is 18.2 Å². The van der Waals surface area contributed by atoms with E-state index in [1.54, 1.807) is 19.1 Å². The summed E-state index contributed by atoms with van der Waals surface area (Å²) in [6.45, 7) is 1.62. The highest BCUT2D eigenvalue weighted by atomic mass is 32.2. The first kappa shape index (κ1) is 15.8. The molecule has 9 nitrogen and oxygen atoms in total. The molecule has 0 radical (unpaired) electrons. The molecule has 0 spiro atoms. The minimum absolute atomic E-state index is 0.0282. The predicted molar refractivity (Wildman–Crippen MR) is 77.2 cm³/mol. The van der Waals surface area contributed by atoms with Gasteiger partial charge in [-0.2, -0.15) is 0 Å². The second-order valence-electron chi connectivity index (χ2n) is 5.56. The van der Waals surface area contributed by atoms with Gasteiger partial charge in [-0.15, -0.1) is 0 Å². The number of rotatable bonds is 5. The largest absolute Gasteiger partial charge is 0.481 e. The van der Waals surface area contributed by atoms with Crippen molar-refractivity contribution in [2.24, 2.45) is 5.41 Å². The van der Waals surface area contributed by atoms with Crippen LogP contribution >= 0.6 is 0 Å². The zero-order valence-corrected chi connectivity index (χ0v) is 13.1. The molecule has 1 aliphatic heterocycles. The molecule has 10 heteroatoms. The highest BCUT2D eigenvalue weighted by molar-refractivity contribution is 7.89. The number of hydrogen-bond acceptors (Lipinski definition) is 7. The first-order chi connectivity index (χ1) is 10.9. The van der Waals surface area contributed by atoms with E-state index in [1.807, 2.05) is 0 Å². The monoisotopic (exact) mass is 341 g/mol. The number of nitrogens with one attached hydrogen (secondary N) is 1. The van der Waals surface area contributed by atoms with Crippen LogP contribution in [-0.4, -0.2) is 49.6 Å². The van der Waals surface area contributed by atoms with Crippen molar-refractivity contribution in [1.29, 1.82) is 0 Å². The zero-order chi connectivity index (χ0) is 16.7. The first-order valence-electron chi connectivity index (χ1n) is 6.88. The smallest absolute Gasteiger partial charge is 0.313 e. The Kier molecular flexibility index (Phi) is 3.82. The van der Waals surface area contributed by atoms with E-state index in [0.717, 1.165) is 0 Å². The van der Waals surface area contributed by atoms with Gasteiger partial charge in [0.15, 0.2) is 5.52 Å². The van der Waals surface area contributed by atoms with Gasteiger partial charge in [0.1, 0.15) is 15.8 Å². The Bertz CT molecular complexity index is 854. The molecule has 2 aromatic rings. The van der Waals surface area contributed by atoms with Crippen LogP contribution in [0.25, 0.3) is 11.0 Å². The third-order valence-corrected chi connectivity index (χ3v) is 5.58. The number of carbonyl (C=O) groups is 1. The lowest BCUT2D eigenvalue weighted by molar-refractivity contribution is -0.148. The Balaban J connectivity index is 1.94. The van der Waals surface area contributed by atoms with Crippen molar-refractivity contribution in [3.8, 4) is 0 Å². The lowest BCUT2D eigenvalue weighted by Crippen LogP contribution is -2.43. The minimum Gasteiger partial charge on any atom is -0.481 e. The van der Waals surface area contributed by atoms with Gasteiger partial charge in [-0.25, -0.2) is 17.8 Å². The number of aliphatic carboxylic acids is 1. The predicted octanol–water partition coefficient (Wildman–Crippen LogP) is 0.301. The molecule has 1 unspecified atom stereocenters. The number of carboxylic acid groups (broad SMARTS) is 1. The van der Waals surface area contributed by atoms with Crippen LogP contribution < -0.4 is 4.72 Å². The molecule has 0 aliphatic carbocycles. The third-order valence-electron chi connectivity index (χ3n) is 4.00. The molecule has 124 valence electrons. The van der Waals surface area contributed by atoms with Crippen LogP contribution in [-0.2, 0) is 19.6 Å². The minimum atomic E-state index is -3.98. The second-order valence-corrected chi connectivity index (χ2v) is 7.26. The second kappa shape index (κ2) is 5.55. The fraction of sp³-hybridized carbons (Fsp3) is 0.462. The van der Waals surface area contributed by atoms with Crippen LogP contribution in [0.4, 0.5) is 0 Å². The van der Waals surface area contributed by atoms with Crippen LogP contribution in [0.3, 0.4) is 0 Å². The maximum atomic E-state index is 12.6. The number of sulfonamides is 1. The summed E-state index contributed by atoms with van der Waals surface area (Å²) in [5.41, 5.74) is -0.359. The molecule has 2 heterocycles. The molecule has 1 aromatic carbocycles. The number of aromatic nitrogens is 2. The number of fused-ring (bicyclic) bond motifs is 1. The Morgan fingerprint density at radius 2 is 2.22 bits per heavy atom. The van der Waals surface area contributed by atoms with Crippen LogP contribution in [0.5, 0.6) is 0 Å². The molecule has 1 aliphatic rings. The number of carboxylic acids is 1. The van der Waals surface area contributed by atoms with E-state index in [-0.39, 0.29) is 36.6 Å². The van der Waals surface area contributed by atoms with Gasteiger partial charge in [0.05, 0.1) is 6.61 Å². The summed E-state index contributed by atoms with van der Waals surface area (Å²) in [6.07, 6.45) is 0.250. The molecule has 1 fully saturated rings. The maximum absolute atomic E-state index is 12.6. The normalized spacial score (nSPS) is 21.8. The SMILES string of the molecule is Cc1ccc2nonc2c1S(=O)(=O)NCC1(C(=O)O)CCOC1. The zero-order valence-electron chi connectivity index (χ0n) is 12.3. The lowest BCUT2D eigenvalue weighted by atomic mass is 9.88. The van der Waals surface area contributed by atoms with Gasteiger partial charge in [-0.3, -0.25) is 4.79 Å². The van der Waals surface area contributed by atoms with Gasteiger partial charge in [0, 0.05) is 13.2 Å². The van der Waals surface area contributed by atoms with Crippen LogP contribution in [0.1, 0.15) is 12.0 Å². The Morgan fingerprint density at radius 3 is 2.87 bits per heavy atom. The maximum Gasteiger partial charge on any atom is 0.313 e. The Morgan fingerprint density at radius 1 is 1.43 bits per heavy atom. The van der Waals surface area contributed by atoms with Gasteiger partial charge in [-0.1, -0.05) is 6.07 Å². The molecule has 1 aromatic heterocycles. The van der Waals surface area contributed by atoms with Gasteiger partial charge < -0.3 is 9.84 Å². The molecule has 1 atom stereocenters. The van der Waals surface area contributed by atoms with E-state index in [4.69, 9.17) is 4.74 Å². The summed E-state index contributed by atoms with van der Waals surface area (Å²) in [7, 11) is -3.98. The number of aryl methyl sites for hydroxylation is 1. The molecular weight excluding hydrogens is 326 g/mol. The number of ether oxygens (including phenoxy) is 1. The van der Waals surface area contributed by atoms with E-state index >= 15 is 0 Å². The quantitative estimate of drug-likeness (QED) is 0.794. The van der Waals surface area contributed by atoms with Crippen LogP contribution in [0.15, 0.2) is 21.7 Å². The molecule has 3 rings (SSSR count). The highest BCUT2D eigenvalue weighted by Crippen LogP contribution is 2.30. The van der Waals surface area contributed by atoms with E-state index in [1.165, 1.54) is 0 Å². The first-order valence-corrected chi connectivity index (χ1v) is 8.37. The summed E-state index contributed by atoms with van der Waals surface area (Å²) in [6, 6.07) is 3.19. The molecule has 23 heavy (non-hydrogen) atoms. The molecule has 0 bridgehead atoms. The molecule has 1 saturated heterocycles. The molecular formula is C13H15N3O6S. The summed E-state index contributed by atoms with van der Waals surface area (Å²) in [4.78, 5) is 11.4. The standard InChI is InChI=1S/C13H15N3O6S/c1-8-2-3-9-10(16-22-15-9)11(8)23(19,20)14-6-13(12(17)18)4-5-21-7-13/h2-3,14H,4-7H2,1H3,(H,17,18). The Labute approximate surface area is 131 Å². The number of hydrogen-bond donors (Lipinski definition) is 2. The van der Waals surface area contributed by atoms with Crippen molar-refractivity contribution < 1.29 is 27.7 Å². The van der Waals surface area contributed by atoms with Crippen molar-refractivity contribution in [2.75, 3.05) is 19.8 Å². The van der Waals surface area contributed by atoms with E-state index in [0.29, 0.717) is 11.1 Å². The van der Waals surface area contributed by atoms with E-state index < -0.39 is 21.4 Å². The van der Waals surface area contributed by atoms with Gasteiger partial charge in [0.25, 0.3) is 0 Å². The van der Waals surface area contributed by atoms with E-state index in [2.05, 4.69) is 19.7 Å². The average molecular weight is 341 g/mol. The van der Waals surface area contributed by atoms with Crippen LogP contribution in [0.2, 0.25) is 0 Å². The molecule has 2 N–H and O–H groups in total. The summed E-state index contributed by atoms with van der Waals surface area (Å²) in [5.74, 6) is -1.09. The Hall–Kier alpha value is -2.04. The van der Waals surface area contributed by atoms with Crippen molar-refractivity contribution in [3.05, 3.63) is 17.7 Å². The molecule has 0 amide bonds. The molecule has 0 saturated carbocycles. The highest BCUT2D eigenvalue weighted by Gasteiger charge is 2.43. The summed E-state index contributed by atoms with van der Waals surface area (Å²) >= 11 is 0. The number of nitrogens with zero attached hydrogens (tertiary/aromatic N) is 2. The fourth-order valence-corrected chi connectivity index (χ4v) is 4.06. The van der Waals surface area contributed by atoms with Gasteiger partial charge in [-0.05, 0) is 35.3 Å². The van der Waals surface area contributed by atoms with E-state index in [9.17, 15) is 18.3 Å².